The van der Waals surface area contributed by atoms with Crippen molar-refractivity contribution in [1.82, 2.24) is 0 Å². The van der Waals surface area contributed by atoms with Gasteiger partial charge in [0.05, 0.1) is 19.0 Å². The third kappa shape index (κ3) is 1.36. The average molecular weight is 196 g/mol. The Bertz CT molecular complexity index is 257. The fraction of sp³-hybridized carbons (Fsp3) is 0.833. The van der Waals surface area contributed by atoms with E-state index in [2.05, 4.69) is 6.92 Å². The maximum absolute atomic E-state index is 10.1. The van der Waals surface area contributed by atoms with Crippen molar-refractivity contribution in [3.05, 3.63) is 11.3 Å². The summed E-state index contributed by atoms with van der Waals surface area (Å²) >= 11 is 0. The van der Waals surface area contributed by atoms with E-state index < -0.39 is 0 Å². The molecule has 80 valence electrons. The van der Waals surface area contributed by atoms with Crippen LogP contribution in [0.15, 0.2) is 11.3 Å². The van der Waals surface area contributed by atoms with Gasteiger partial charge in [0.25, 0.3) is 0 Å². The van der Waals surface area contributed by atoms with Gasteiger partial charge in [-0.15, -0.1) is 0 Å². The summed E-state index contributed by atoms with van der Waals surface area (Å²) in [5.74, 6) is 1.15. The number of rotatable bonds is 1. The van der Waals surface area contributed by atoms with E-state index in [4.69, 9.17) is 4.74 Å². The van der Waals surface area contributed by atoms with Crippen LogP contribution in [-0.2, 0) is 4.74 Å². The van der Waals surface area contributed by atoms with E-state index in [1.807, 2.05) is 0 Å². The zero-order valence-electron chi connectivity index (χ0n) is 9.18. The van der Waals surface area contributed by atoms with Gasteiger partial charge < -0.3 is 9.84 Å². The van der Waals surface area contributed by atoms with Gasteiger partial charge in [0.15, 0.2) is 0 Å². The Labute approximate surface area is 86.0 Å². The summed E-state index contributed by atoms with van der Waals surface area (Å²) < 4.78 is 5.44. The fourth-order valence-electron chi connectivity index (χ4n) is 3.05. The molecule has 2 heteroatoms. The number of allylic oxidation sites excluding steroid dienone is 1. The summed E-state index contributed by atoms with van der Waals surface area (Å²) in [6, 6.07) is 0. The van der Waals surface area contributed by atoms with E-state index in [1.165, 1.54) is 5.57 Å². The Balaban J connectivity index is 2.37. The van der Waals surface area contributed by atoms with E-state index in [9.17, 15) is 5.11 Å². The van der Waals surface area contributed by atoms with Crippen molar-refractivity contribution in [2.45, 2.75) is 51.6 Å². The first-order valence-corrected chi connectivity index (χ1v) is 5.63. The Hall–Kier alpha value is -0.500. The molecule has 0 aromatic heterocycles. The molecule has 0 spiro atoms. The van der Waals surface area contributed by atoms with Crippen molar-refractivity contribution in [3.8, 4) is 0 Å². The van der Waals surface area contributed by atoms with Gasteiger partial charge in [-0.1, -0.05) is 6.92 Å². The standard InChI is InChI=1S/C12H20O2/c1-12-8-4-6-10(14-2)9(12)5-3-7-11(12)13/h11,13H,3-8H2,1-2H3. The minimum absolute atomic E-state index is 0.0157. The lowest BCUT2D eigenvalue weighted by Crippen LogP contribution is -2.40. The van der Waals surface area contributed by atoms with E-state index in [-0.39, 0.29) is 11.5 Å². The second-order valence-electron chi connectivity index (χ2n) is 4.78. The van der Waals surface area contributed by atoms with E-state index in [0.717, 1.165) is 44.3 Å². The van der Waals surface area contributed by atoms with Crippen LogP contribution >= 0.6 is 0 Å². The van der Waals surface area contributed by atoms with Gasteiger partial charge in [0.2, 0.25) is 0 Å². The molecule has 0 aromatic rings. The van der Waals surface area contributed by atoms with E-state index in [1.54, 1.807) is 7.11 Å². The molecule has 1 fully saturated rings. The van der Waals surface area contributed by atoms with Gasteiger partial charge in [-0.2, -0.15) is 0 Å². The molecule has 0 amide bonds. The Kier molecular flexibility index (Phi) is 2.56. The molecule has 2 aliphatic rings. The van der Waals surface area contributed by atoms with Gasteiger partial charge in [0, 0.05) is 11.8 Å². The van der Waals surface area contributed by atoms with Crippen molar-refractivity contribution in [2.75, 3.05) is 7.11 Å². The lowest BCUT2D eigenvalue weighted by molar-refractivity contribution is 0.0174. The van der Waals surface area contributed by atoms with Gasteiger partial charge in [-0.3, -0.25) is 0 Å². The molecule has 0 bridgehead atoms. The minimum atomic E-state index is -0.156. The number of aliphatic hydroxyl groups excluding tert-OH is 1. The van der Waals surface area contributed by atoms with Crippen LogP contribution in [-0.4, -0.2) is 18.3 Å². The van der Waals surface area contributed by atoms with Crippen LogP contribution in [0.5, 0.6) is 0 Å². The highest BCUT2D eigenvalue weighted by Crippen LogP contribution is 2.49. The third-order valence-electron chi connectivity index (χ3n) is 4.01. The zero-order chi connectivity index (χ0) is 10.2. The van der Waals surface area contributed by atoms with Gasteiger partial charge >= 0.3 is 0 Å². The number of methoxy groups -OCH3 is 1. The predicted octanol–water partition coefficient (Wildman–Crippen LogP) is 2.62. The topological polar surface area (TPSA) is 29.5 Å². The number of aliphatic hydroxyl groups is 1. The number of fused-ring (bicyclic) bond motifs is 1. The number of hydrogen-bond donors (Lipinski definition) is 1. The highest BCUT2D eigenvalue weighted by molar-refractivity contribution is 5.24. The number of ether oxygens (including phenoxy) is 1. The Morgan fingerprint density at radius 1 is 1.36 bits per heavy atom. The third-order valence-corrected chi connectivity index (χ3v) is 4.01. The molecule has 0 aliphatic heterocycles. The first-order valence-electron chi connectivity index (χ1n) is 5.63. The van der Waals surface area contributed by atoms with Crippen LogP contribution in [0.3, 0.4) is 0 Å². The van der Waals surface area contributed by atoms with Crippen molar-refractivity contribution >= 4 is 0 Å². The van der Waals surface area contributed by atoms with Crippen LogP contribution < -0.4 is 0 Å². The molecule has 0 saturated heterocycles. The van der Waals surface area contributed by atoms with Crippen molar-refractivity contribution in [3.63, 3.8) is 0 Å². The lowest BCUT2D eigenvalue weighted by atomic mass is 9.64. The second kappa shape index (κ2) is 3.58. The van der Waals surface area contributed by atoms with Crippen LogP contribution in [0.4, 0.5) is 0 Å². The van der Waals surface area contributed by atoms with E-state index in [0.29, 0.717) is 0 Å². The van der Waals surface area contributed by atoms with E-state index >= 15 is 0 Å². The molecular weight excluding hydrogens is 176 g/mol. The highest BCUT2D eigenvalue weighted by atomic mass is 16.5. The molecule has 2 nitrogen and oxygen atoms in total. The molecule has 0 radical (unpaired) electrons. The molecule has 2 aliphatic carbocycles. The molecule has 14 heavy (non-hydrogen) atoms. The highest BCUT2D eigenvalue weighted by Gasteiger charge is 2.42. The van der Waals surface area contributed by atoms with Crippen molar-refractivity contribution in [1.29, 1.82) is 0 Å². The van der Waals surface area contributed by atoms with Crippen LogP contribution in [0, 0.1) is 5.41 Å². The quantitative estimate of drug-likeness (QED) is 0.698. The summed E-state index contributed by atoms with van der Waals surface area (Å²) in [7, 11) is 1.76. The van der Waals surface area contributed by atoms with Crippen LogP contribution in [0.1, 0.15) is 45.4 Å². The first-order chi connectivity index (χ1) is 6.68. The SMILES string of the molecule is COC1=C2CCCC(O)C2(C)CCC1. The Morgan fingerprint density at radius 3 is 2.86 bits per heavy atom. The van der Waals surface area contributed by atoms with Crippen LogP contribution in [0.2, 0.25) is 0 Å². The second-order valence-corrected chi connectivity index (χ2v) is 4.78. The molecule has 2 rings (SSSR count). The van der Waals surface area contributed by atoms with Crippen LogP contribution in [0.25, 0.3) is 0 Å². The largest absolute Gasteiger partial charge is 0.501 e. The lowest BCUT2D eigenvalue weighted by Gasteiger charge is -2.44. The molecule has 0 aromatic carbocycles. The van der Waals surface area contributed by atoms with Gasteiger partial charge in [0.1, 0.15) is 0 Å². The summed E-state index contributed by atoms with van der Waals surface area (Å²) in [4.78, 5) is 0. The zero-order valence-corrected chi connectivity index (χ0v) is 9.18. The minimum Gasteiger partial charge on any atom is -0.501 e. The molecular formula is C12H20O2. The van der Waals surface area contributed by atoms with Gasteiger partial charge in [-0.25, -0.2) is 0 Å². The number of hydrogen-bond acceptors (Lipinski definition) is 2. The summed E-state index contributed by atoms with van der Waals surface area (Å²) in [5.41, 5.74) is 1.41. The molecule has 1 saturated carbocycles. The molecule has 0 heterocycles. The molecule has 1 N–H and O–H groups in total. The predicted molar refractivity (Wildman–Crippen MR) is 55.9 cm³/mol. The Morgan fingerprint density at radius 2 is 2.14 bits per heavy atom. The normalized spacial score (nSPS) is 38.1. The summed E-state index contributed by atoms with van der Waals surface area (Å²) in [6.07, 6.45) is 6.37. The summed E-state index contributed by atoms with van der Waals surface area (Å²) in [6.45, 7) is 2.20. The maximum atomic E-state index is 10.1. The first kappa shape index (κ1) is 10.0. The molecule has 2 atom stereocenters. The monoisotopic (exact) mass is 196 g/mol. The smallest absolute Gasteiger partial charge is 0.0953 e. The molecule has 2 unspecified atom stereocenters. The van der Waals surface area contributed by atoms with Gasteiger partial charge in [-0.05, 0) is 37.7 Å². The maximum Gasteiger partial charge on any atom is 0.0953 e. The fourth-order valence-corrected chi connectivity index (χ4v) is 3.05. The van der Waals surface area contributed by atoms with Crippen molar-refractivity contribution in [2.24, 2.45) is 5.41 Å². The van der Waals surface area contributed by atoms with Crippen molar-refractivity contribution < 1.29 is 9.84 Å². The summed E-state index contributed by atoms with van der Waals surface area (Å²) in [5, 5.41) is 10.1. The average Bonchev–Trinajstić information content (AvgIpc) is 2.19.